The molecule has 3 nitrogen and oxygen atoms in total. The molecule has 0 spiro atoms. The molecule has 2 aromatic rings. The molecule has 0 unspecified atom stereocenters. The minimum atomic E-state index is -0.557. The van der Waals surface area contributed by atoms with E-state index in [0.717, 1.165) is 0 Å². The van der Waals surface area contributed by atoms with Gasteiger partial charge in [0.15, 0.2) is 0 Å². The molecule has 0 aliphatic rings. The van der Waals surface area contributed by atoms with E-state index in [1.54, 1.807) is 18.2 Å². The highest BCUT2D eigenvalue weighted by atomic mass is 35.5. The molecule has 5 heteroatoms. The highest BCUT2D eigenvalue weighted by Crippen LogP contribution is 2.23. The Morgan fingerprint density at radius 3 is 2.79 bits per heavy atom. The van der Waals surface area contributed by atoms with Gasteiger partial charge in [-0.15, -0.1) is 0 Å². The molecular formula is C14H10ClFN2O. The molecule has 0 saturated carbocycles. The van der Waals surface area contributed by atoms with Gasteiger partial charge in [-0.2, -0.15) is 5.26 Å². The Kier molecular flexibility index (Phi) is 3.88. The number of nitriles is 1. The lowest BCUT2D eigenvalue weighted by molar-refractivity contribution is 0.469. The molecule has 0 aliphatic carbocycles. The average molecular weight is 277 g/mol. The van der Waals surface area contributed by atoms with Crippen LogP contribution in [0.5, 0.6) is 5.75 Å². The summed E-state index contributed by atoms with van der Waals surface area (Å²) < 4.78 is 13.1. The van der Waals surface area contributed by atoms with Crippen LogP contribution in [0, 0.1) is 17.1 Å². The molecule has 0 fully saturated rings. The zero-order valence-corrected chi connectivity index (χ0v) is 10.6. The van der Waals surface area contributed by atoms with Gasteiger partial charge in [0.05, 0.1) is 5.56 Å². The number of hydrogen-bond acceptors (Lipinski definition) is 3. The summed E-state index contributed by atoms with van der Waals surface area (Å²) in [6, 6.07) is 10.7. The lowest BCUT2D eigenvalue weighted by Gasteiger charge is -2.09. The van der Waals surface area contributed by atoms with Crippen molar-refractivity contribution < 1.29 is 9.50 Å². The van der Waals surface area contributed by atoms with Crippen molar-refractivity contribution >= 4 is 17.3 Å². The van der Waals surface area contributed by atoms with Crippen LogP contribution < -0.4 is 5.32 Å². The first-order valence-electron chi connectivity index (χ1n) is 5.51. The summed E-state index contributed by atoms with van der Waals surface area (Å²) in [6.07, 6.45) is 0. The second-order valence-corrected chi connectivity index (χ2v) is 4.37. The molecule has 0 aliphatic heterocycles. The van der Waals surface area contributed by atoms with Crippen molar-refractivity contribution in [3.63, 3.8) is 0 Å². The number of hydrogen-bond donors (Lipinski definition) is 2. The van der Waals surface area contributed by atoms with Gasteiger partial charge in [-0.25, -0.2) is 4.39 Å². The third kappa shape index (κ3) is 3.15. The average Bonchev–Trinajstić information content (AvgIpc) is 2.41. The molecule has 2 aromatic carbocycles. The van der Waals surface area contributed by atoms with E-state index in [1.165, 1.54) is 24.3 Å². The minimum Gasteiger partial charge on any atom is -0.508 e. The van der Waals surface area contributed by atoms with E-state index in [2.05, 4.69) is 5.32 Å². The standard InChI is InChI=1S/C14H10ClFN2O/c15-11-1-4-14(19)10(5-11)8-18-12-2-3-13(16)9(6-12)7-17/h1-6,18-19H,8H2. The van der Waals surface area contributed by atoms with E-state index in [4.69, 9.17) is 16.9 Å². The topological polar surface area (TPSA) is 56.0 Å². The van der Waals surface area contributed by atoms with Gasteiger partial charge < -0.3 is 10.4 Å². The van der Waals surface area contributed by atoms with Crippen LogP contribution in [0.25, 0.3) is 0 Å². The Morgan fingerprint density at radius 2 is 2.05 bits per heavy atom. The second kappa shape index (κ2) is 5.59. The number of halogens is 2. The highest BCUT2D eigenvalue weighted by molar-refractivity contribution is 6.30. The number of nitrogens with zero attached hydrogens (tertiary/aromatic N) is 1. The lowest BCUT2D eigenvalue weighted by atomic mass is 10.1. The van der Waals surface area contributed by atoms with Crippen molar-refractivity contribution in [3.8, 4) is 11.8 Å². The Morgan fingerprint density at radius 1 is 1.26 bits per heavy atom. The van der Waals surface area contributed by atoms with Crippen LogP contribution in [0.3, 0.4) is 0 Å². The molecule has 2 N–H and O–H groups in total. The van der Waals surface area contributed by atoms with Crippen molar-refractivity contribution in [1.29, 1.82) is 5.26 Å². The summed E-state index contributed by atoms with van der Waals surface area (Å²) in [5.41, 5.74) is 1.19. The molecule has 0 radical (unpaired) electrons. The van der Waals surface area contributed by atoms with Crippen LogP contribution in [-0.4, -0.2) is 5.11 Å². The smallest absolute Gasteiger partial charge is 0.141 e. The summed E-state index contributed by atoms with van der Waals surface area (Å²) in [5, 5.41) is 21.9. The van der Waals surface area contributed by atoms with Gasteiger partial charge in [-0.3, -0.25) is 0 Å². The van der Waals surface area contributed by atoms with E-state index in [0.29, 0.717) is 22.8 Å². The maximum atomic E-state index is 13.1. The summed E-state index contributed by atoms with van der Waals surface area (Å²) in [4.78, 5) is 0. The fourth-order valence-electron chi connectivity index (χ4n) is 1.61. The van der Waals surface area contributed by atoms with E-state index in [1.807, 2.05) is 0 Å². The number of phenols is 1. The van der Waals surface area contributed by atoms with Gasteiger partial charge in [-0.1, -0.05) is 11.6 Å². The van der Waals surface area contributed by atoms with Crippen LogP contribution in [0.4, 0.5) is 10.1 Å². The number of nitrogens with one attached hydrogen (secondary N) is 1. The maximum Gasteiger partial charge on any atom is 0.141 e. The second-order valence-electron chi connectivity index (χ2n) is 3.93. The van der Waals surface area contributed by atoms with E-state index >= 15 is 0 Å². The number of aromatic hydroxyl groups is 1. The third-order valence-electron chi connectivity index (χ3n) is 2.61. The molecule has 0 atom stereocenters. The first-order chi connectivity index (χ1) is 9.10. The van der Waals surface area contributed by atoms with Crippen molar-refractivity contribution in [2.24, 2.45) is 0 Å². The quantitative estimate of drug-likeness (QED) is 0.899. The van der Waals surface area contributed by atoms with Crippen LogP contribution in [0.1, 0.15) is 11.1 Å². The fraction of sp³-hybridized carbons (Fsp3) is 0.0714. The summed E-state index contributed by atoms with van der Waals surface area (Å²) in [7, 11) is 0. The molecule has 0 bridgehead atoms. The van der Waals surface area contributed by atoms with Gasteiger partial charge in [0, 0.05) is 22.8 Å². The normalized spacial score (nSPS) is 9.95. The number of anilines is 1. The van der Waals surface area contributed by atoms with Crippen LogP contribution in [0.2, 0.25) is 5.02 Å². The van der Waals surface area contributed by atoms with Gasteiger partial charge in [-0.05, 0) is 36.4 Å². The van der Waals surface area contributed by atoms with Gasteiger partial charge >= 0.3 is 0 Å². The molecule has 19 heavy (non-hydrogen) atoms. The number of rotatable bonds is 3. The van der Waals surface area contributed by atoms with E-state index < -0.39 is 5.82 Å². The Hall–Kier alpha value is -2.25. The fourth-order valence-corrected chi connectivity index (χ4v) is 1.81. The predicted octanol–water partition coefficient (Wildman–Crippen LogP) is 3.67. The Bertz CT molecular complexity index is 652. The molecule has 0 saturated heterocycles. The zero-order valence-electron chi connectivity index (χ0n) is 9.82. The summed E-state index contributed by atoms with van der Waals surface area (Å²) >= 11 is 5.84. The molecule has 0 heterocycles. The highest BCUT2D eigenvalue weighted by Gasteiger charge is 2.05. The van der Waals surface area contributed by atoms with Crippen LogP contribution >= 0.6 is 11.6 Å². The summed E-state index contributed by atoms with van der Waals surface area (Å²) in [5.74, 6) is -0.432. The van der Waals surface area contributed by atoms with Gasteiger partial charge in [0.1, 0.15) is 17.6 Å². The van der Waals surface area contributed by atoms with Gasteiger partial charge in [0.2, 0.25) is 0 Å². The van der Waals surface area contributed by atoms with Crippen LogP contribution in [0.15, 0.2) is 36.4 Å². The van der Waals surface area contributed by atoms with E-state index in [-0.39, 0.29) is 11.3 Å². The Labute approximate surface area is 114 Å². The van der Waals surface area contributed by atoms with Crippen molar-refractivity contribution in [3.05, 3.63) is 58.4 Å². The SMILES string of the molecule is N#Cc1cc(NCc2cc(Cl)ccc2O)ccc1F. The van der Waals surface area contributed by atoms with Crippen LogP contribution in [-0.2, 0) is 6.54 Å². The predicted molar refractivity (Wildman–Crippen MR) is 71.6 cm³/mol. The van der Waals surface area contributed by atoms with Gasteiger partial charge in [0.25, 0.3) is 0 Å². The van der Waals surface area contributed by atoms with Crippen molar-refractivity contribution in [1.82, 2.24) is 0 Å². The largest absolute Gasteiger partial charge is 0.508 e. The van der Waals surface area contributed by atoms with E-state index in [9.17, 15) is 9.50 Å². The minimum absolute atomic E-state index is 0.0275. The van der Waals surface area contributed by atoms with Crippen molar-refractivity contribution in [2.75, 3.05) is 5.32 Å². The molecule has 0 amide bonds. The summed E-state index contributed by atoms with van der Waals surface area (Å²) in [6.45, 7) is 0.322. The number of benzene rings is 2. The molecule has 96 valence electrons. The number of phenolic OH excluding ortho intramolecular Hbond substituents is 1. The maximum absolute atomic E-state index is 13.1. The molecule has 0 aromatic heterocycles. The van der Waals surface area contributed by atoms with Crippen molar-refractivity contribution in [2.45, 2.75) is 6.54 Å². The Balaban J connectivity index is 2.15. The first-order valence-corrected chi connectivity index (χ1v) is 5.89. The first kappa shape index (κ1) is 13.2. The molecule has 2 rings (SSSR count). The monoisotopic (exact) mass is 276 g/mol. The third-order valence-corrected chi connectivity index (χ3v) is 2.85. The zero-order chi connectivity index (χ0) is 13.8. The lowest BCUT2D eigenvalue weighted by Crippen LogP contribution is -2.00. The molecular weight excluding hydrogens is 267 g/mol.